The number of carboxylic acids is 1. The first-order valence-electron chi connectivity index (χ1n) is 4.72. The molecule has 1 N–H and O–H groups in total. The second kappa shape index (κ2) is 3.70. The highest BCUT2D eigenvalue weighted by Gasteiger charge is 2.12. The van der Waals surface area contributed by atoms with E-state index in [0.717, 1.165) is 24.3 Å². The molecule has 0 unspecified atom stereocenters. The van der Waals surface area contributed by atoms with E-state index < -0.39 is 5.97 Å². The van der Waals surface area contributed by atoms with Crippen LogP contribution in [0.5, 0.6) is 5.75 Å². The molecule has 0 radical (unpaired) electrons. The van der Waals surface area contributed by atoms with E-state index >= 15 is 0 Å². The van der Waals surface area contributed by atoms with Crippen LogP contribution in [-0.2, 0) is 17.6 Å². The largest absolute Gasteiger partial charge is 0.493 e. The van der Waals surface area contributed by atoms with Gasteiger partial charge in [-0.1, -0.05) is 12.1 Å². The number of fused-ring (bicyclic) bond motifs is 1. The zero-order valence-corrected chi connectivity index (χ0v) is 7.82. The summed E-state index contributed by atoms with van der Waals surface area (Å²) in [5.74, 6) is 0.166. The Morgan fingerprint density at radius 3 is 3.14 bits per heavy atom. The molecule has 1 aliphatic rings. The average Bonchev–Trinajstić information content (AvgIpc) is 2.61. The Morgan fingerprint density at radius 1 is 1.50 bits per heavy atom. The molecule has 0 amide bonds. The predicted octanol–water partition coefficient (Wildman–Crippen LogP) is 1.64. The Balaban J connectivity index is 2.09. The highest BCUT2D eigenvalue weighted by Crippen LogP contribution is 2.26. The van der Waals surface area contributed by atoms with E-state index in [9.17, 15) is 4.79 Å². The van der Waals surface area contributed by atoms with E-state index in [2.05, 4.69) is 0 Å². The maximum Gasteiger partial charge on any atom is 0.303 e. The van der Waals surface area contributed by atoms with Gasteiger partial charge in [0.25, 0.3) is 0 Å². The van der Waals surface area contributed by atoms with Gasteiger partial charge in [0.05, 0.1) is 6.61 Å². The molecule has 0 aliphatic carbocycles. The van der Waals surface area contributed by atoms with Crippen molar-refractivity contribution in [3.05, 3.63) is 29.3 Å². The molecule has 0 bridgehead atoms. The first-order valence-corrected chi connectivity index (χ1v) is 4.72. The fraction of sp³-hybridized carbons (Fsp3) is 0.364. The molecular weight excluding hydrogens is 180 g/mol. The Hall–Kier alpha value is -1.51. The molecule has 0 fully saturated rings. The van der Waals surface area contributed by atoms with Gasteiger partial charge in [-0.15, -0.1) is 0 Å². The van der Waals surface area contributed by atoms with Crippen LogP contribution in [0.15, 0.2) is 18.2 Å². The maximum atomic E-state index is 10.4. The van der Waals surface area contributed by atoms with Crippen molar-refractivity contribution in [3.8, 4) is 5.75 Å². The van der Waals surface area contributed by atoms with Crippen LogP contribution >= 0.6 is 0 Å². The molecule has 0 saturated heterocycles. The van der Waals surface area contributed by atoms with Crippen LogP contribution in [0.25, 0.3) is 0 Å². The van der Waals surface area contributed by atoms with Crippen molar-refractivity contribution in [1.82, 2.24) is 0 Å². The molecule has 0 saturated carbocycles. The van der Waals surface area contributed by atoms with E-state index in [1.807, 2.05) is 18.2 Å². The number of carboxylic acid groups (broad SMARTS) is 1. The van der Waals surface area contributed by atoms with Crippen molar-refractivity contribution < 1.29 is 14.6 Å². The van der Waals surface area contributed by atoms with Gasteiger partial charge in [-0.25, -0.2) is 0 Å². The van der Waals surface area contributed by atoms with Crippen LogP contribution in [0, 0.1) is 0 Å². The van der Waals surface area contributed by atoms with Gasteiger partial charge in [-0.05, 0) is 23.6 Å². The van der Waals surface area contributed by atoms with Crippen LogP contribution in [0.4, 0.5) is 0 Å². The molecule has 2 rings (SSSR count). The van der Waals surface area contributed by atoms with E-state index in [4.69, 9.17) is 9.84 Å². The Labute approximate surface area is 82.3 Å². The standard InChI is InChI=1S/C11H12O3/c12-11(13)4-2-8-1-3-9-5-6-14-10(9)7-8/h1,3,7H,2,4-6H2,(H,12,13). The van der Waals surface area contributed by atoms with Gasteiger partial charge in [-0.2, -0.15) is 0 Å². The van der Waals surface area contributed by atoms with Crippen molar-refractivity contribution in [2.45, 2.75) is 19.3 Å². The topological polar surface area (TPSA) is 46.5 Å². The highest BCUT2D eigenvalue weighted by molar-refractivity contribution is 5.67. The highest BCUT2D eigenvalue weighted by atomic mass is 16.5. The number of carbonyl (C=O) groups is 1. The molecule has 1 heterocycles. The third kappa shape index (κ3) is 1.87. The van der Waals surface area contributed by atoms with Crippen LogP contribution in [-0.4, -0.2) is 17.7 Å². The van der Waals surface area contributed by atoms with Gasteiger partial charge in [-0.3, -0.25) is 4.79 Å². The number of ether oxygens (including phenoxy) is 1. The van der Waals surface area contributed by atoms with Gasteiger partial charge in [0.1, 0.15) is 5.75 Å². The zero-order valence-electron chi connectivity index (χ0n) is 7.82. The first-order chi connectivity index (χ1) is 6.75. The van der Waals surface area contributed by atoms with E-state index in [1.165, 1.54) is 5.56 Å². The molecule has 1 aliphatic heterocycles. The van der Waals surface area contributed by atoms with Gasteiger partial charge in [0, 0.05) is 12.8 Å². The van der Waals surface area contributed by atoms with Gasteiger partial charge < -0.3 is 9.84 Å². The second-order valence-electron chi connectivity index (χ2n) is 3.43. The number of aliphatic carboxylic acids is 1. The summed E-state index contributed by atoms with van der Waals surface area (Å²) in [6.07, 6.45) is 1.72. The summed E-state index contributed by atoms with van der Waals surface area (Å²) in [5.41, 5.74) is 2.26. The van der Waals surface area contributed by atoms with Crippen LogP contribution in [0.1, 0.15) is 17.5 Å². The summed E-state index contributed by atoms with van der Waals surface area (Å²) in [7, 11) is 0. The fourth-order valence-corrected chi connectivity index (χ4v) is 1.62. The monoisotopic (exact) mass is 192 g/mol. The molecule has 1 aromatic carbocycles. The normalized spacial score (nSPS) is 13.4. The van der Waals surface area contributed by atoms with Crippen LogP contribution in [0.3, 0.4) is 0 Å². The second-order valence-corrected chi connectivity index (χ2v) is 3.43. The first kappa shape index (κ1) is 9.06. The Morgan fingerprint density at radius 2 is 2.36 bits per heavy atom. The van der Waals surface area contributed by atoms with Gasteiger partial charge in [0.2, 0.25) is 0 Å². The molecule has 0 spiro atoms. The summed E-state index contributed by atoms with van der Waals surface area (Å²) in [4.78, 5) is 10.4. The summed E-state index contributed by atoms with van der Waals surface area (Å²) < 4.78 is 5.40. The lowest BCUT2D eigenvalue weighted by atomic mass is 10.1. The van der Waals surface area contributed by atoms with Crippen molar-refractivity contribution in [2.75, 3.05) is 6.61 Å². The lowest BCUT2D eigenvalue weighted by molar-refractivity contribution is -0.136. The SMILES string of the molecule is O=C(O)CCc1ccc2c(c1)OCC2. The Bertz CT molecular complexity index is 358. The summed E-state index contributed by atoms with van der Waals surface area (Å²) in [6.45, 7) is 0.748. The van der Waals surface area contributed by atoms with E-state index in [1.54, 1.807) is 0 Å². The van der Waals surface area contributed by atoms with E-state index in [-0.39, 0.29) is 6.42 Å². The quantitative estimate of drug-likeness (QED) is 0.791. The predicted molar refractivity (Wildman–Crippen MR) is 51.6 cm³/mol. The van der Waals surface area contributed by atoms with Gasteiger partial charge in [0.15, 0.2) is 0 Å². The average molecular weight is 192 g/mol. The third-order valence-corrected chi connectivity index (χ3v) is 2.39. The van der Waals surface area contributed by atoms with Crippen molar-refractivity contribution in [3.63, 3.8) is 0 Å². The maximum absolute atomic E-state index is 10.4. The minimum atomic E-state index is -0.758. The molecule has 0 atom stereocenters. The molecule has 3 heteroatoms. The summed E-state index contributed by atoms with van der Waals surface area (Å²) in [5, 5.41) is 8.54. The lowest BCUT2D eigenvalue weighted by Crippen LogP contribution is -1.97. The third-order valence-electron chi connectivity index (χ3n) is 2.39. The van der Waals surface area contributed by atoms with Gasteiger partial charge >= 0.3 is 5.97 Å². The Kier molecular flexibility index (Phi) is 2.39. The summed E-state index contributed by atoms with van der Waals surface area (Å²) >= 11 is 0. The zero-order chi connectivity index (χ0) is 9.97. The lowest BCUT2D eigenvalue weighted by Gasteiger charge is -2.02. The molecule has 3 nitrogen and oxygen atoms in total. The number of hydrogen-bond donors (Lipinski definition) is 1. The number of rotatable bonds is 3. The van der Waals surface area contributed by atoms with Crippen molar-refractivity contribution in [1.29, 1.82) is 0 Å². The van der Waals surface area contributed by atoms with Crippen LogP contribution < -0.4 is 4.74 Å². The number of benzene rings is 1. The number of aryl methyl sites for hydroxylation is 1. The van der Waals surface area contributed by atoms with Crippen LogP contribution in [0.2, 0.25) is 0 Å². The molecule has 0 aromatic heterocycles. The molecule has 14 heavy (non-hydrogen) atoms. The van der Waals surface area contributed by atoms with E-state index in [0.29, 0.717) is 6.42 Å². The number of hydrogen-bond acceptors (Lipinski definition) is 2. The minimum absolute atomic E-state index is 0.179. The fourth-order valence-electron chi connectivity index (χ4n) is 1.62. The summed E-state index contributed by atoms with van der Waals surface area (Å²) in [6, 6.07) is 5.96. The smallest absolute Gasteiger partial charge is 0.303 e. The van der Waals surface area contributed by atoms with Crippen molar-refractivity contribution in [2.24, 2.45) is 0 Å². The van der Waals surface area contributed by atoms with Crippen molar-refractivity contribution >= 4 is 5.97 Å². The minimum Gasteiger partial charge on any atom is -0.493 e. The molecule has 1 aromatic rings. The molecule has 74 valence electrons. The molecular formula is C11H12O3.